The van der Waals surface area contributed by atoms with Crippen LogP contribution in [-0.4, -0.2) is 9.78 Å². The normalized spacial score (nSPS) is 22.1. The van der Waals surface area contributed by atoms with Crippen LogP contribution in [-0.2, 0) is 6.54 Å². The van der Waals surface area contributed by atoms with Gasteiger partial charge in [-0.3, -0.25) is 4.68 Å². The summed E-state index contributed by atoms with van der Waals surface area (Å²) in [6.07, 6.45) is 6.89. The molecule has 1 heterocycles. The zero-order valence-corrected chi connectivity index (χ0v) is 13.2. The lowest BCUT2D eigenvalue weighted by Gasteiger charge is -2.37. The van der Waals surface area contributed by atoms with Gasteiger partial charge in [0.25, 0.3) is 0 Å². The van der Waals surface area contributed by atoms with E-state index in [1.165, 1.54) is 31.4 Å². The first-order valence-corrected chi connectivity index (χ1v) is 7.70. The van der Waals surface area contributed by atoms with Crippen molar-refractivity contribution in [3.8, 4) is 0 Å². The summed E-state index contributed by atoms with van der Waals surface area (Å²) in [4.78, 5) is 0. The molecule has 0 aromatic carbocycles. The Morgan fingerprint density at radius 2 is 2.11 bits per heavy atom. The van der Waals surface area contributed by atoms with E-state index in [9.17, 15) is 0 Å². The van der Waals surface area contributed by atoms with Crippen LogP contribution in [0.4, 0.5) is 0 Å². The lowest BCUT2D eigenvalue weighted by Crippen LogP contribution is -2.30. The quantitative estimate of drug-likeness (QED) is 0.920. The fourth-order valence-electron chi connectivity index (χ4n) is 2.96. The van der Waals surface area contributed by atoms with Crippen LogP contribution in [0.3, 0.4) is 0 Å². The van der Waals surface area contributed by atoms with Crippen molar-refractivity contribution in [1.29, 1.82) is 0 Å². The number of nitrogens with two attached hydrogens (primary N) is 1. The van der Waals surface area contributed by atoms with E-state index < -0.39 is 0 Å². The monoisotopic (exact) mass is 313 g/mol. The van der Waals surface area contributed by atoms with Crippen LogP contribution in [0.5, 0.6) is 0 Å². The van der Waals surface area contributed by atoms with E-state index in [0.29, 0.717) is 11.3 Å². The first-order valence-electron chi connectivity index (χ1n) is 6.91. The van der Waals surface area contributed by atoms with E-state index in [1.807, 2.05) is 10.9 Å². The van der Waals surface area contributed by atoms with Crippen molar-refractivity contribution in [2.24, 2.45) is 17.1 Å². The molecule has 1 aliphatic rings. The number of rotatable bonds is 3. The maximum Gasteiger partial charge on any atom is 0.0696 e. The molecule has 0 spiro atoms. The fourth-order valence-corrected chi connectivity index (χ4v) is 3.52. The predicted molar refractivity (Wildman–Crippen MR) is 78.3 cm³/mol. The summed E-state index contributed by atoms with van der Waals surface area (Å²) in [5.74, 6) is 0.594. The van der Waals surface area contributed by atoms with Gasteiger partial charge in [-0.25, -0.2) is 0 Å². The minimum atomic E-state index is 0.109. The molecule has 0 saturated heterocycles. The van der Waals surface area contributed by atoms with Crippen LogP contribution in [0.1, 0.15) is 58.2 Å². The summed E-state index contributed by atoms with van der Waals surface area (Å²) in [6, 6.07) is 0.109. The molecule has 0 bridgehead atoms. The highest BCUT2D eigenvalue weighted by atomic mass is 79.9. The summed E-state index contributed by atoms with van der Waals surface area (Å²) in [5.41, 5.74) is 8.16. The molecule has 102 valence electrons. The fraction of sp³-hybridized carbons (Fsp3) is 0.786. The van der Waals surface area contributed by atoms with Gasteiger partial charge in [-0.2, -0.15) is 5.10 Å². The van der Waals surface area contributed by atoms with Gasteiger partial charge >= 0.3 is 0 Å². The van der Waals surface area contributed by atoms with Gasteiger partial charge in [0.15, 0.2) is 0 Å². The van der Waals surface area contributed by atoms with Crippen molar-refractivity contribution >= 4 is 15.9 Å². The Morgan fingerprint density at radius 1 is 1.50 bits per heavy atom. The number of hydrogen-bond donors (Lipinski definition) is 1. The van der Waals surface area contributed by atoms with Gasteiger partial charge in [0, 0.05) is 6.54 Å². The van der Waals surface area contributed by atoms with Gasteiger partial charge in [0.05, 0.1) is 22.4 Å². The van der Waals surface area contributed by atoms with Gasteiger partial charge in [0.1, 0.15) is 0 Å². The average molecular weight is 314 g/mol. The van der Waals surface area contributed by atoms with Crippen LogP contribution in [0, 0.1) is 11.3 Å². The molecule has 4 heteroatoms. The van der Waals surface area contributed by atoms with E-state index >= 15 is 0 Å². The van der Waals surface area contributed by atoms with Gasteiger partial charge < -0.3 is 5.73 Å². The molecule has 1 aromatic heterocycles. The molecule has 1 saturated carbocycles. The molecule has 1 unspecified atom stereocenters. The second-order valence-corrected chi connectivity index (χ2v) is 7.08. The summed E-state index contributed by atoms with van der Waals surface area (Å²) >= 11 is 3.58. The molecule has 3 nitrogen and oxygen atoms in total. The van der Waals surface area contributed by atoms with Gasteiger partial charge in [0.2, 0.25) is 0 Å². The van der Waals surface area contributed by atoms with E-state index in [-0.39, 0.29) is 6.04 Å². The van der Waals surface area contributed by atoms with Gasteiger partial charge in [-0.05, 0) is 59.9 Å². The average Bonchev–Trinajstić information content (AvgIpc) is 2.69. The van der Waals surface area contributed by atoms with Crippen LogP contribution in [0.15, 0.2) is 10.7 Å². The van der Waals surface area contributed by atoms with Crippen LogP contribution < -0.4 is 5.73 Å². The smallest absolute Gasteiger partial charge is 0.0696 e. The maximum atomic E-state index is 6.49. The number of nitrogens with zero attached hydrogens (tertiary/aromatic N) is 2. The number of hydrogen-bond acceptors (Lipinski definition) is 2. The Balaban J connectivity index is 2.12. The summed E-state index contributed by atoms with van der Waals surface area (Å²) in [5, 5.41) is 4.37. The maximum absolute atomic E-state index is 6.49. The summed E-state index contributed by atoms with van der Waals surface area (Å²) < 4.78 is 3.08. The molecular weight excluding hydrogens is 290 g/mol. The van der Waals surface area contributed by atoms with Crippen LogP contribution in [0.25, 0.3) is 0 Å². The van der Waals surface area contributed by atoms with Crippen molar-refractivity contribution in [1.82, 2.24) is 9.78 Å². The third-order valence-electron chi connectivity index (χ3n) is 4.34. The Kier molecular flexibility index (Phi) is 4.17. The predicted octanol–water partition coefficient (Wildman–Crippen LogP) is 3.88. The number of halogens is 1. The molecule has 0 radical (unpaired) electrons. The lowest BCUT2D eigenvalue weighted by molar-refractivity contribution is 0.170. The van der Waals surface area contributed by atoms with E-state index in [0.717, 1.165) is 11.0 Å². The molecular formula is C14H24BrN3. The standard InChI is InChI=1S/C14H24BrN3/c1-4-18-13(11(15)9-17-18)12(16)10-5-7-14(2,3)8-6-10/h9-10,12H,4-8,16H2,1-3H3. The second-order valence-electron chi connectivity index (χ2n) is 6.22. The third kappa shape index (κ3) is 2.80. The largest absolute Gasteiger partial charge is 0.322 e. The Hall–Kier alpha value is -0.350. The molecule has 1 fully saturated rings. The minimum Gasteiger partial charge on any atom is -0.322 e. The molecule has 2 rings (SSSR count). The van der Waals surface area contributed by atoms with Crippen molar-refractivity contribution in [3.05, 3.63) is 16.4 Å². The van der Waals surface area contributed by atoms with Crippen LogP contribution >= 0.6 is 15.9 Å². The van der Waals surface area contributed by atoms with Crippen molar-refractivity contribution in [2.45, 2.75) is 59.0 Å². The Labute approximate surface area is 118 Å². The summed E-state index contributed by atoms with van der Waals surface area (Å²) in [7, 11) is 0. The molecule has 0 aliphatic heterocycles. The number of aromatic nitrogens is 2. The van der Waals surface area contributed by atoms with Crippen molar-refractivity contribution in [2.75, 3.05) is 0 Å². The molecule has 18 heavy (non-hydrogen) atoms. The number of aryl methyl sites for hydroxylation is 1. The third-order valence-corrected chi connectivity index (χ3v) is 4.95. The highest BCUT2D eigenvalue weighted by Crippen LogP contribution is 2.42. The van der Waals surface area contributed by atoms with Gasteiger partial charge in [-0.15, -0.1) is 0 Å². The van der Waals surface area contributed by atoms with Crippen molar-refractivity contribution in [3.63, 3.8) is 0 Å². The van der Waals surface area contributed by atoms with E-state index in [2.05, 4.69) is 41.8 Å². The zero-order chi connectivity index (χ0) is 13.3. The Bertz CT molecular complexity index is 401. The zero-order valence-electron chi connectivity index (χ0n) is 11.6. The molecule has 1 atom stereocenters. The SMILES string of the molecule is CCn1ncc(Br)c1C(N)C1CCC(C)(C)CC1. The topological polar surface area (TPSA) is 43.8 Å². The minimum absolute atomic E-state index is 0.109. The highest BCUT2D eigenvalue weighted by molar-refractivity contribution is 9.10. The molecule has 1 aliphatic carbocycles. The lowest BCUT2D eigenvalue weighted by atomic mass is 9.71. The first kappa shape index (κ1) is 14.1. The molecule has 2 N–H and O–H groups in total. The molecule has 1 aromatic rings. The van der Waals surface area contributed by atoms with E-state index in [1.54, 1.807) is 0 Å². The highest BCUT2D eigenvalue weighted by Gasteiger charge is 2.32. The van der Waals surface area contributed by atoms with Gasteiger partial charge in [-0.1, -0.05) is 13.8 Å². The van der Waals surface area contributed by atoms with E-state index in [4.69, 9.17) is 5.73 Å². The molecule has 0 amide bonds. The Morgan fingerprint density at radius 3 is 2.67 bits per heavy atom. The summed E-state index contributed by atoms with van der Waals surface area (Å²) in [6.45, 7) is 7.72. The second kappa shape index (κ2) is 5.33. The first-order chi connectivity index (χ1) is 8.44. The van der Waals surface area contributed by atoms with Crippen LogP contribution in [0.2, 0.25) is 0 Å². The van der Waals surface area contributed by atoms with Crippen molar-refractivity contribution < 1.29 is 0 Å².